The van der Waals surface area contributed by atoms with Crippen LogP contribution in [-0.2, 0) is 4.79 Å². The van der Waals surface area contributed by atoms with E-state index < -0.39 is 12.1 Å². The van der Waals surface area contributed by atoms with Gasteiger partial charge in [0.25, 0.3) is 5.91 Å². The van der Waals surface area contributed by atoms with Crippen molar-refractivity contribution in [1.82, 2.24) is 15.6 Å². The first kappa shape index (κ1) is 14.9. The van der Waals surface area contributed by atoms with Crippen molar-refractivity contribution in [1.29, 1.82) is 0 Å². The van der Waals surface area contributed by atoms with Crippen molar-refractivity contribution >= 4 is 11.8 Å². The summed E-state index contributed by atoms with van der Waals surface area (Å²) in [6.45, 7) is 0.00820. The zero-order valence-corrected chi connectivity index (χ0v) is 9.83. The lowest BCUT2D eigenvalue weighted by atomic mass is 10.2. The van der Waals surface area contributed by atoms with Crippen LogP contribution < -0.4 is 10.6 Å². The molecule has 1 aromatic heterocycles. The molecule has 0 radical (unpaired) electrons. The first-order valence-corrected chi connectivity index (χ1v) is 5.44. The summed E-state index contributed by atoms with van der Waals surface area (Å²) < 4.78 is 35.5. The molecule has 5 nitrogen and oxygen atoms in total. The molecule has 1 rings (SSSR count). The Kier molecular flexibility index (Phi) is 5.28. The summed E-state index contributed by atoms with van der Waals surface area (Å²) in [4.78, 5) is 25.7. The standard InChI is InChI=1S/C11H12F3N3O2/c12-11(13,14)10(19)17-5-1-4-16-9(18)8-2-6-15-7-3-8/h2-3,6-7H,1,4-5H2,(H,16,18)(H,17,19). The number of halogens is 3. The molecule has 0 aliphatic rings. The smallest absolute Gasteiger partial charge is 0.352 e. The number of aromatic nitrogens is 1. The molecule has 0 saturated carbocycles. The van der Waals surface area contributed by atoms with E-state index in [-0.39, 0.29) is 25.4 Å². The molecule has 0 spiro atoms. The van der Waals surface area contributed by atoms with Gasteiger partial charge in [-0.1, -0.05) is 0 Å². The number of hydrogen-bond donors (Lipinski definition) is 2. The molecule has 8 heteroatoms. The third kappa shape index (κ3) is 5.36. The van der Waals surface area contributed by atoms with Crippen LogP contribution in [0.3, 0.4) is 0 Å². The van der Waals surface area contributed by atoms with E-state index in [4.69, 9.17) is 0 Å². The van der Waals surface area contributed by atoms with E-state index in [2.05, 4.69) is 10.3 Å². The number of alkyl halides is 3. The SMILES string of the molecule is O=C(NCCCNC(=O)C(F)(F)F)c1ccncc1. The Bertz CT molecular complexity index is 435. The number of carbonyl (C=O) groups is 2. The van der Waals surface area contributed by atoms with Crippen LogP contribution in [0, 0.1) is 0 Å². The lowest BCUT2D eigenvalue weighted by Crippen LogP contribution is -2.38. The molecule has 19 heavy (non-hydrogen) atoms. The lowest BCUT2D eigenvalue weighted by Gasteiger charge is -2.08. The predicted octanol–water partition coefficient (Wildman–Crippen LogP) is 0.880. The molecule has 0 bridgehead atoms. The average Bonchev–Trinajstić information content (AvgIpc) is 2.37. The third-order valence-corrected chi connectivity index (χ3v) is 2.12. The number of carbonyl (C=O) groups excluding carboxylic acids is 2. The zero-order chi connectivity index (χ0) is 14.3. The monoisotopic (exact) mass is 275 g/mol. The molecular formula is C11H12F3N3O2. The van der Waals surface area contributed by atoms with Gasteiger partial charge in [0.15, 0.2) is 0 Å². The van der Waals surface area contributed by atoms with E-state index in [1.54, 1.807) is 5.32 Å². The highest BCUT2D eigenvalue weighted by atomic mass is 19.4. The van der Waals surface area contributed by atoms with E-state index >= 15 is 0 Å². The fourth-order valence-electron chi connectivity index (χ4n) is 1.20. The Morgan fingerprint density at radius 3 is 2.26 bits per heavy atom. The summed E-state index contributed by atoms with van der Waals surface area (Å²) in [7, 11) is 0. The molecular weight excluding hydrogens is 263 g/mol. The molecule has 1 aromatic rings. The minimum absolute atomic E-state index is 0.158. The third-order valence-electron chi connectivity index (χ3n) is 2.12. The maximum Gasteiger partial charge on any atom is 0.471 e. The van der Waals surface area contributed by atoms with Crippen LogP contribution >= 0.6 is 0 Å². The number of pyridine rings is 1. The van der Waals surface area contributed by atoms with Gasteiger partial charge in [-0.2, -0.15) is 13.2 Å². The number of nitrogens with one attached hydrogen (secondary N) is 2. The highest BCUT2D eigenvalue weighted by Crippen LogP contribution is 2.13. The molecule has 0 fully saturated rings. The zero-order valence-electron chi connectivity index (χ0n) is 9.83. The summed E-state index contributed by atoms with van der Waals surface area (Å²) in [5.41, 5.74) is 0.411. The Balaban J connectivity index is 2.18. The summed E-state index contributed by atoms with van der Waals surface area (Å²) in [5, 5.41) is 4.22. The fourth-order valence-corrected chi connectivity index (χ4v) is 1.20. The molecule has 0 saturated heterocycles. The summed E-state index contributed by atoms with van der Waals surface area (Å²) in [6, 6.07) is 3.03. The quantitative estimate of drug-likeness (QED) is 0.784. The van der Waals surface area contributed by atoms with Crippen molar-refractivity contribution < 1.29 is 22.8 Å². The molecule has 2 amide bonds. The van der Waals surface area contributed by atoms with Crippen LogP contribution in [0.5, 0.6) is 0 Å². The maximum absolute atomic E-state index is 11.8. The van der Waals surface area contributed by atoms with Gasteiger partial charge in [-0.25, -0.2) is 0 Å². The Morgan fingerprint density at radius 1 is 1.11 bits per heavy atom. The highest BCUT2D eigenvalue weighted by Gasteiger charge is 2.38. The first-order chi connectivity index (χ1) is 8.91. The minimum atomic E-state index is -4.87. The van der Waals surface area contributed by atoms with Gasteiger partial charge in [0, 0.05) is 31.0 Å². The second kappa shape index (κ2) is 6.72. The number of amides is 2. The van der Waals surface area contributed by atoms with Gasteiger partial charge in [-0.3, -0.25) is 14.6 Å². The Labute approximate surface area is 107 Å². The van der Waals surface area contributed by atoms with E-state index in [0.29, 0.717) is 5.56 Å². The van der Waals surface area contributed by atoms with Crippen molar-refractivity contribution in [3.63, 3.8) is 0 Å². The maximum atomic E-state index is 11.8. The number of rotatable bonds is 5. The summed E-state index contributed by atoms with van der Waals surface area (Å²) in [5.74, 6) is -2.32. The van der Waals surface area contributed by atoms with E-state index in [0.717, 1.165) is 0 Å². The van der Waals surface area contributed by atoms with E-state index in [9.17, 15) is 22.8 Å². The van der Waals surface area contributed by atoms with Crippen molar-refractivity contribution in [2.24, 2.45) is 0 Å². The Hall–Kier alpha value is -2.12. The first-order valence-electron chi connectivity index (χ1n) is 5.44. The van der Waals surface area contributed by atoms with Crippen LogP contribution in [0.1, 0.15) is 16.8 Å². The fraction of sp³-hybridized carbons (Fsp3) is 0.364. The van der Waals surface area contributed by atoms with Gasteiger partial charge in [0.2, 0.25) is 0 Å². The summed E-state index contributed by atoms with van der Waals surface area (Å²) >= 11 is 0. The highest BCUT2D eigenvalue weighted by molar-refractivity contribution is 5.93. The second-order valence-electron chi connectivity index (χ2n) is 3.60. The van der Waals surface area contributed by atoms with Gasteiger partial charge >= 0.3 is 12.1 Å². The van der Waals surface area contributed by atoms with Crippen LogP contribution in [-0.4, -0.2) is 36.1 Å². The largest absolute Gasteiger partial charge is 0.471 e. The van der Waals surface area contributed by atoms with Gasteiger partial charge in [0.1, 0.15) is 0 Å². The second-order valence-corrected chi connectivity index (χ2v) is 3.60. The van der Waals surface area contributed by atoms with Gasteiger partial charge in [-0.05, 0) is 18.6 Å². The van der Waals surface area contributed by atoms with Gasteiger partial charge in [0.05, 0.1) is 0 Å². The number of hydrogen-bond acceptors (Lipinski definition) is 3. The van der Waals surface area contributed by atoms with Crippen molar-refractivity contribution in [3.05, 3.63) is 30.1 Å². The molecule has 0 unspecified atom stereocenters. The topological polar surface area (TPSA) is 71.1 Å². The van der Waals surface area contributed by atoms with Crippen LogP contribution in [0.15, 0.2) is 24.5 Å². The van der Waals surface area contributed by atoms with Crippen molar-refractivity contribution in [2.45, 2.75) is 12.6 Å². The van der Waals surface area contributed by atoms with Gasteiger partial charge < -0.3 is 10.6 Å². The normalized spacial score (nSPS) is 10.9. The molecule has 1 heterocycles. The Morgan fingerprint density at radius 2 is 1.68 bits per heavy atom. The average molecular weight is 275 g/mol. The molecule has 104 valence electrons. The molecule has 0 aliphatic carbocycles. The van der Waals surface area contributed by atoms with Crippen molar-refractivity contribution in [2.75, 3.05) is 13.1 Å². The van der Waals surface area contributed by atoms with E-state index in [1.165, 1.54) is 24.5 Å². The molecule has 2 N–H and O–H groups in total. The van der Waals surface area contributed by atoms with E-state index in [1.807, 2.05) is 0 Å². The molecule has 0 atom stereocenters. The molecule has 0 aromatic carbocycles. The van der Waals surface area contributed by atoms with Gasteiger partial charge in [-0.15, -0.1) is 0 Å². The van der Waals surface area contributed by atoms with Crippen LogP contribution in [0.4, 0.5) is 13.2 Å². The minimum Gasteiger partial charge on any atom is -0.352 e. The lowest BCUT2D eigenvalue weighted by molar-refractivity contribution is -0.173. The van der Waals surface area contributed by atoms with Crippen molar-refractivity contribution in [3.8, 4) is 0 Å². The van der Waals surface area contributed by atoms with Crippen LogP contribution in [0.25, 0.3) is 0 Å². The predicted molar refractivity (Wildman–Crippen MR) is 60.3 cm³/mol. The van der Waals surface area contributed by atoms with Crippen LogP contribution in [0.2, 0.25) is 0 Å². The number of nitrogens with zero attached hydrogens (tertiary/aromatic N) is 1. The molecule has 0 aliphatic heterocycles. The summed E-state index contributed by atoms with van der Waals surface area (Å²) in [6.07, 6.45) is -1.75.